The van der Waals surface area contributed by atoms with Crippen LogP contribution in [0.2, 0.25) is 0 Å². The zero-order valence-corrected chi connectivity index (χ0v) is 13.2. The standard InChI is InChI=1S/C17H20N4O2/c1-11-13(6-9-23-11)17(22)21-7-4-14-15(5-8-21)18-10-19-16(14)20-12-2-3-12/h6,9-10,12H,2-5,7-8H2,1H3,(H,18,19,20). The van der Waals surface area contributed by atoms with Crippen molar-refractivity contribution in [3.63, 3.8) is 0 Å². The van der Waals surface area contributed by atoms with Crippen LogP contribution in [0.1, 0.15) is 40.2 Å². The molecule has 1 N–H and O–H groups in total. The van der Waals surface area contributed by atoms with Gasteiger partial charge in [0, 0.05) is 31.1 Å². The number of carbonyl (C=O) groups is 1. The van der Waals surface area contributed by atoms with Gasteiger partial charge < -0.3 is 14.6 Å². The number of aromatic nitrogens is 2. The molecular weight excluding hydrogens is 292 g/mol. The molecule has 120 valence electrons. The minimum atomic E-state index is 0.0358. The highest BCUT2D eigenvalue weighted by Gasteiger charge is 2.27. The fourth-order valence-corrected chi connectivity index (χ4v) is 3.05. The Balaban J connectivity index is 1.54. The van der Waals surface area contributed by atoms with Crippen LogP contribution in [0.25, 0.3) is 0 Å². The van der Waals surface area contributed by atoms with Gasteiger partial charge >= 0.3 is 0 Å². The van der Waals surface area contributed by atoms with Crippen molar-refractivity contribution < 1.29 is 9.21 Å². The van der Waals surface area contributed by atoms with Crippen LogP contribution >= 0.6 is 0 Å². The van der Waals surface area contributed by atoms with Crippen molar-refractivity contribution >= 4 is 11.7 Å². The molecule has 23 heavy (non-hydrogen) atoms. The number of hydrogen-bond acceptors (Lipinski definition) is 5. The van der Waals surface area contributed by atoms with Crippen LogP contribution in [-0.4, -0.2) is 39.9 Å². The molecule has 0 saturated heterocycles. The highest BCUT2D eigenvalue weighted by atomic mass is 16.3. The zero-order chi connectivity index (χ0) is 15.8. The van der Waals surface area contributed by atoms with Crippen molar-refractivity contribution in [2.24, 2.45) is 0 Å². The second-order valence-electron chi connectivity index (χ2n) is 6.25. The molecule has 6 heteroatoms. The van der Waals surface area contributed by atoms with Gasteiger partial charge in [-0.2, -0.15) is 0 Å². The van der Waals surface area contributed by atoms with Crippen molar-refractivity contribution in [3.8, 4) is 0 Å². The summed E-state index contributed by atoms with van der Waals surface area (Å²) in [5.41, 5.74) is 2.87. The van der Waals surface area contributed by atoms with E-state index in [0.717, 1.165) is 24.4 Å². The topological polar surface area (TPSA) is 71.3 Å². The Labute approximate surface area is 134 Å². The fraction of sp³-hybridized carbons (Fsp3) is 0.471. The first kappa shape index (κ1) is 14.2. The highest BCUT2D eigenvalue weighted by molar-refractivity contribution is 5.95. The molecule has 1 aliphatic carbocycles. The van der Waals surface area contributed by atoms with Gasteiger partial charge in [-0.1, -0.05) is 0 Å². The first-order valence-electron chi connectivity index (χ1n) is 8.15. The Kier molecular flexibility index (Phi) is 3.52. The SMILES string of the molecule is Cc1occc1C(=O)N1CCc2ncnc(NC3CC3)c2CC1. The summed E-state index contributed by atoms with van der Waals surface area (Å²) in [6.45, 7) is 3.18. The van der Waals surface area contributed by atoms with Crippen LogP contribution in [0.4, 0.5) is 5.82 Å². The normalized spacial score (nSPS) is 17.5. The van der Waals surface area contributed by atoms with Gasteiger partial charge in [-0.3, -0.25) is 4.79 Å². The molecule has 2 aliphatic rings. The van der Waals surface area contributed by atoms with Gasteiger partial charge in [0.15, 0.2) is 0 Å². The Morgan fingerprint density at radius 2 is 2.13 bits per heavy atom. The summed E-state index contributed by atoms with van der Waals surface area (Å²) in [4.78, 5) is 23.4. The predicted octanol–water partition coefficient (Wildman–Crippen LogP) is 2.19. The van der Waals surface area contributed by atoms with E-state index in [2.05, 4.69) is 15.3 Å². The third kappa shape index (κ3) is 2.81. The minimum absolute atomic E-state index is 0.0358. The van der Waals surface area contributed by atoms with E-state index in [-0.39, 0.29) is 5.91 Å². The second-order valence-corrected chi connectivity index (χ2v) is 6.25. The Hall–Kier alpha value is -2.37. The molecule has 1 aliphatic heterocycles. The summed E-state index contributed by atoms with van der Waals surface area (Å²) in [7, 11) is 0. The lowest BCUT2D eigenvalue weighted by molar-refractivity contribution is 0.0761. The number of rotatable bonds is 3. The monoisotopic (exact) mass is 312 g/mol. The van der Waals surface area contributed by atoms with Crippen LogP contribution in [0.3, 0.4) is 0 Å². The van der Waals surface area contributed by atoms with Crippen molar-refractivity contribution in [1.29, 1.82) is 0 Å². The van der Waals surface area contributed by atoms with Gasteiger partial charge in [0.1, 0.15) is 17.9 Å². The maximum atomic E-state index is 12.7. The van der Waals surface area contributed by atoms with Crippen LogP contribution < -0.4 is 5.32 Å². The van der Waals surface area contributed by atoms with E-state index in [1.165, 1.54) is 18.4 Å². The summed E-state index contributed by atoms with van der Waals surface area (Å²) in [6.07, 6.45) is 7.17. The van der Waals surface area contributed by atoms with E-state index < -0.39 is 0 Å². The molecule has 1 fully saturated rings. The van der Waals surface area contributed by atoms with E-state index in [0.29, 0.717) is 30.5 Å². The van der Waals surface area contributed by atoms with Gasteiger partial charge in [-0.05, 0) is 32.3 Å². The molecule has 0 aromatic carbocycles. The summed E-state index contributed by atoms with van der Waals surface area (Å²) < 4.78 is 5.26. The average Bonchev–Trinajstić information content (AvgIpc) is 3.30. The number of carbonyl (C=O) groups excluding carboxylic acids is 1. The van der Waals surface area contributed by atoms with E-state index in [9.17, 15) is 4.79 Å². The van der Waals surface area contributed by atoms with E-state index >= 15 is 0 Å². The number of aryl methyl sites for hydroxylation is 1. The lowest BCUT2D eigenvalue weighted by atomic mass is 10.1. The highest BCUT2D eigenvalue weighted by Crippen LogP contribution is 2.28. The van der Waals surface area contributed by atoms with Crippen LogP contribution in [0, 0.1) is 6.92 Å². The molecule has 0 spiro atoms. The number of furan rings is 1. The third-order valence-electron chi connectivity index (χ3n) is 4.58. The first-order valence-corrected chi connectivity index (χ1v) is 8.15. The van der Waals surface area contributed by atoms with Crippen molar-refractivity contribution in [3.05, 3.63) is 41.2 Å². The molecule has 1 saturated carbocycles. The second kappa shape index (κ2) is 5.68. The summed E-state index contributed by atoms with van der Waals surface area (Å²) in [6, 6.07) is 2.30. The summed E-state index contributed by atoms with van der Waals surface area (Å²) in [5.74, 6) is 1.66. The Morgan fingerprint density at radius 3 is 2.87 bits per heavy atom. The van der Waals surface area contributed by atoms with Gasteiger partial charge in [0.05, 0.1) is 17.5 Å². The molecule has 1 amide bonds. The molecule has 0 bridgehead atoms. The minimum Gasteiger partial charge on any atom is -0.469 e. The number of hydrogen-bond donors (Lipinski definition) is 1. The van der Waals surface area contributed by atoms with Crippen LogP contribution in [0.5, 0.6) is 0 Å². The Bertz CT molecular complexity index is 736. The quantitative estimate of drug-likeness (QED) is 0.940. The summed E-state index contributed by atoms with van der Waals surface area (Å²) in [5, 5.41) is 3.48. The number of nitrogens with zero attached hydrogens (tertiary/aromatic N) is 3. The Morgan fingerprint density at radius 1 is 1.30 bits per heavy atom. The number of anilines is 1. The average molecular weight is 312 g/mol. The lowest BCUT2D eigenvalue weighted by Crippen LogP contribution is -2.33. The van der Waals surface area contributed by atoms with Crippen molar-refractivity contribution in [1.82, 2.24) is 14.9 Å². The third-order valence-corrected chi connectivity index (χ3v) is 4.58. The summed E-state index contributed by atoms with van der Waals surface area (Å²) >= 11 is 0. The fourth-order valence-electron chi connectivity index (χ4n) is 3.05. The lowest BCUT2D eigenvalue weighted by Gasteiger charge is -2.19. The molecule has 3 heterocycles. The molecule has 4 rings (SSSR count). The van der Waals surface area contributed by atoms with Gasteiger partial charge in [-0.25, -0.2) is 9.97 Å². The first-order chi connectivity index (χ1) is 11.2. The van der Waals surface area contributed by atoms with E-state index in [1.807, 2.05) is 11.8 Å². The maximum absolute atomic E-state index is 12.7. The molecular formula is C17H20N4O2. The van der Waals surface area contributed by atoms with E-state index in [1.54, 1.807) is 18.7 Å². The van der Waals surface area contributed by atoms with Crippen molar-refractivity contribution in [2.75, 3.05) is 18.4 Å². The van der Waals surface area contributed by atoms with E-state index in [4.69, 9.17) is 4.42 Å². The van der Waals surface area contributed by atoms with Crippen molar-refractivity contribution in [2.45, 2.75) is 38.6 Å². The predicted molar refractivity (Wildman–Crippen MR) is 85.4 cm³/mol. The van der Waals surface area contributed by atoms with Crippen LogP contribution in [0.15, 0.2) is 23.1 Å². The van der Waals surface area contributed by atoms with Crippen LogP contribution in [-0.2, 0) is 12.8 Å². The molecule has 0 atom stereocenters. The molecule has 6 nitrogen and oxygen atoms in total. The number of nitrogens with one attached hydrogen (secondary N) is 1. The molecule has 0 unspecified atom stereocenters. The zero-order valence-electron chi connectivity index (χ0n) is 13.2. The largest absolute Gasteiger partial charge is 0.469 e. The maximum Gasteiger partial charge on any atom is 0.257 e. The molecule has 2 aromatic heterocycles. The van der Waals surface area contributed by atoms with Gasteiger partial charge in [0.2, 0.25) is 0 Å². The van der Waals surface area contributed by atoms with Gasteiger partial charge in [-0.15, -0.1) is 0 Å². The number of fused-ring (bicyclic) bond motifs is 1. The molecule has 2 aromatic rings. The van der Waals surface area contributed by atoms with Gasteiger partial charge in [0.25, 0.3) is 5.91 Å². The smallest absolute Gasteiger partial charge is 0.257 e. The molecule has 0 radical (unpaired) electrons. The number of amides is 1.